The quantitative estimate of drug-likeness (QED) is 0.152. The Bertz CT molecular complexity index is 1360. The number of unbranched alkanes of at least 4 members (excludes halogenated alkanes) is 1. The standard InChI is InChI=1S/C24H26F8N6O2/c1-4-5-6-34-7-8-35-20-14-19(37-22(38-20)39-3)17(26)18(36-21(14)40-10-23(27,28)29)12-9-13(33)16(25)11(2)15(12)24(30,31)32/h9,34H,4-8,10,33H2,1-3H3,(H,35,37,38). The van der Waals surface area contributed by atoms with Gasteiger partial charge in [-0.2, -0.15) is 36.3 Å². The lowest BCUT2D eigenvalue weighted by Gasteiger charge is -2.20. The largest absolute Gasteiger partial charge is 0.467 e. The molecule has 0 saturated carbocycles. The van der Waals surface area contributed by atoms with Gasteiger partial charge in [-0.15, -0.1) is 0 Å². The van der Waals surface area contributed by atoms with E-state index in [1.54, 1.807) is 0 Å². The molecule has 0 unspecified atom stereocenters. The van der Waals surface area contributed by atoms with Crippen LogP contribution < -0.4 is 25.8 Å². The van der Waals surface area contributed by atoms with Gasteiger partial charge in [0.1, 0.15) is 28.2 Å². The van der Waals surface area contributed by atoms with Crippen molar-refractivity contribution >= 4 is 22.4 Å². The van der Waals surface area contributed by atoms with E-state index in [-0.39, 0.29) is 12.4 Å². The highest BCUT2D eigenvalue weighted by molar-refractivity contribution is 5.96. The molecule has 8 nitrogen and oxygen atoms in total. The Labute approximate surface area is 223 Å². The van der Waals surface area contributed by atoms with Gasteiger partial charge >= 0.3 is 18.4 Å². The number of pyridine rings is 1. The van der Waals surface area contributed by atoms with Crippen molar-refractivity contribution in [3.8, 4) is 23.1 Å². The van der Waals surface area contributed by atoms with E-state index in [1.807, 2.05) is 6.92 Å². The van der Waals surface area contributed by atoms with Gasteiger partial charge in [-0.25, -0.2) is 13.8 Å². The zero-order chi connectivity index (χ0) is 29.8. The molecule has 0 amide bonds. The van der Waals surface area contributed by atoms with Crippen molar-refractivity contribution in [3.05, 3.63) is 28.8 Å². The number of fused-ring (bicyclic) bond motifs is 1. The molecule has 220 valence electrons. The van der Waals surface area contributed by atoms with Gasteiger partial charge in [0, 0.05) is 18.7 Å². The van der Waals surface area contributed by atoms with Crippen molar-refractivity contribution < 1.29 is 44.6 Å². The van der Waals surface area contributed by atoms with Crippen molar-refractivity contribution in [2.75, 3.05) is 44.4 Å². The van der Waals surface area contributed by atoms with Crippen molar-refractivity contribution in [2.24, 2.45) is 0 Å². The summed E-state index contributed by atoms with van der Waals surface area (Å²) in [6.07, 6.45) is -8.27. The first kappa shape index (κ1) is 30.8. The Morgan fingerprint density at radius 1 is 0.975 bits per heavy atom. The third-order valence-corrected chi connectivity index (χ3v) is 5.65. The third kappa shape index (κ3) is 6.89. The van der Waals surface area contributed by atoms with Crippen molar-refractivity contribution in [1.29, 1.82) is 0 Å². The SMILES string of the molecule is CCCCNCCNc1nc(OC)nc2c(F)c(-c3cc(N)c(F)c(C)c3C(F)(F)F)nc(OCC(F)(F)F)c12. The molecule has 0 spiro atoms. The molecular formula is C24H26F8N6O2. The molecule has 0 saturated heterocycles. The van der Waals surface area contributed by atoms with Crippen LogP contribution >= 0.6 is 0 Å². The molecule has 40 heavy (non-hydrogen) atoms. The van der Waals surface area contributed by atoms with Crippen LogP contribution in [0.5, 0.6) is 11.9 Å². The van der Waals surface area contributed by atoms with Gasteiger partial charge in [-0.3, -0.25) is 0 Å². The summed E-state index contributed by atoms with van der Waals surface area (Å²) in [5.41, 5.74) is -0.703. The maximum absolute atomic E-state index is 15.9. The van der Waals surface area contributed by atoms with Crippen LogP contribution in [-0.2, 0) is 6.18 Å². The fourth-order valence-electron chi connectivity index (χ4n) is 3.84. The number of ether oxygens (including phenoxy) is 2. The third-order valence-electron chi connectivity index (χ3n) is 5.65. The molecule has 1 aromatic carbocycles. The van der Waals surface area contributed by atoms with Crippen LogP contribution in [0.2, 0.25) is 0 Å². The van der Waals surface area contributed by atoms with Gasteiger partial charge in [0.05, 0.1) is 18.4 Å². The Balaban J connectivity index is 2.30. The number of benzene rings is 1. The smallest absolute Gasteiger partial charge is 0.422 e. The topological polar surface area (TPSA) is 107 Å². The van der Waals surface area contributed by atoms with E-state index in [1.165, 1.54) is 0 Å². The first-order chi connectivity index (χ1) is 18.7. The van der Waals surface area contributed by atoms with Gasteiger partial charge in [-0.05, 0) is 31.5 Å². The Hall–Kier alpha value is -3.69. The number of nitrogens with zero attached hydrogens (tertiary/aromatic N) is 3. The highest BCUT2D eigenvalue weighted by Crippen LogP contribution is 2.44. The Kier molecular flexibility index (Phi) is 9.43. The van der Waals surface area contributed by atoms with E-state index < -0.39 is 81.5 Å². The van der Waals surface area contributed by atoms with Crippen molar-refractivity contribution in [3.63, 3.8) is 0 Å². The summed E-state index contributed by atoms with van der Waals surface area (Å²) in [5.74, 6) is -4.02. The minimum absolute atomic E-state index is 0.160. The Morgan fingerprint density at radius 2 is 1.68 bits per heavy atom. The minimum atomic E-state index is -5.22. The number of halogens is 8. The molecule has 0 aliphatic carbocycles. The highest BCUT2D eigenvalue weighted by Gasteiger charge is 2.39. The molecule has 0 atom stereocenters. The fraction of sp³-hybridized carbons (Fsp3) is 0.458. The number of anilines is 2. The van der Waals surface area contributed by atoms with Gasteiger partial charge < -0.3 is 25.8 Å². The molecule has 3 rings (SSSR count). The van der Waals surface area contributed by atoms with Gasteiger partial charge in [0.2, 0.25) is 5.88 Å². The summed E-state index contributed by atoms with van der Waals surface area (Å²) in [6.45, 7) is 2.08. The van der Waals surface area contributed by atoms with E-state index >= 15 is 4.39 Å². The molecule has 0 bridgehead atoms. The molecule has 2 aromatic heterocycles. The average molecular weight is 582 g/mol. The van der Waals surface area contributed by atoms with Gasteiger partial charge in [-0.1, -0.05) is 13.3 Å². The molecule has 3 aromatic rings. The maximum atomic E-state index is 15.9. The molecule has 0 radical (unpaired) electrons. The van der Waals surface area contributed by atoms with Crippen molar-refractivity contribution in [1.82, 2.24) is 20.3 Å². The predicted octanol–water partition coefficient (Wildman–Crippen LogP) is 5.63. The average Bonchev–Trinajstić information content (AvgIpc) is 2.87. The number of nitrogens with two attached hydrogens (primary N) is 1. The second-order valence-corrected chi connectivity index (χ2v) is 8.62. The molecule has 16 heteroatoms. The molecule has 0 aliphatic heterocycles. The lowest BCUT2D eigenvalue weighted by Crippen LogP contribution is -2.24. The van der Waals surface area contributed by atoms with Crippen LogP contribution in [0.15, 0.2) is 6.07 Å². The zero-order valence-electron chi connectivity index (χ0n) is 21.6. The number of hydrogen-bond donors (Lipinski definition) is 3. The first-order valence-corrected chi connectivity index (χ1v) is 11.9. The number of aromatic nitrogens is 3. The second-order valence-electron chi connectivity index (χ2n) is 8.62. The van der Waals surface area contributed by atoms with Gasteiger partial charge in [0.15, 0.2) is 12.4 Å². The van der Waals surface area contributed by atoms with E-state index in [2.05, 4.69) is 25.6 Å². The summed E-state index contributed by atoms with van der Waals surface area (Å²) in [5, 5.41) is 5.46. The number of hydrogen-bond acceptors (Lipinski definition) is 8. The van der Waals surface area contributed by atoms with E-state index in [9.17, 15) is 30.7 Å². The molecular weight excluding hydrogens is 556 g/mol. The maximum Gasteiger partial charge on any atom is 0.422 e. The van der Waals surface area contributed by atoms with Crippen LogP contribution in [0, 0.1) is 18.6 Å². The van der Waals surface area contributed by atoms with Crippen LogP contribution in [0.3, 0.4) is 0 Å². The van der Waals surface area contributed by atoms with Crippen molar-refractivity contribution in [2.45, 2.75) is 39.0 Å². The summed E-state index contributed by atoms with van der Waals surface area (Å²) < 4.78 is 121. The lowest BCUT2D eigenvalue weighted by molar-refractivity contribution is -0.153. The summed E-state index contributed by atoms with van der Waals surface area (Å²) >= 11 is 0. The fourth-order valence-corrected chi connectivity index (χ4v) is 3.84. The van der Waals surface area contributed by atoms with Crippen LogP contribution in [0.4, 0.5) is 46.6 Å². The summed E-state index contributed by atoms with van der Waals surface area (Å²) in [7, 11) is 1.13. The number of nitrogens with one attached hydrogen (secondary N) is 2. The molecule has 0 fully saturated rings. The summed E-state index contributed by atoms with van der Waals surface area (Å²) in [4.78, 5) is 11.5. The number of methoxy groups -OCH3 is 1. The highest BCUT2D eigenvalue weighted by atomic mass is 19.4. The molecule has 4 N–H and O–H groups in total. The number of rotatable bonds is 11. The van der Waals surface area contributed by atoms with Crippen LogP contribution in [0.1, 0.15) is 30.9 Å². The predicted molar refractivity (Wildman–Crippen MR) is 131 cm³/mol. The number of alkyl halides is 6. The zero-order valence-corrected chi connectivity index (χ0v) is 21.6. The monoisotopic (exact) mass is 582 g/mol. The molecule has 2 heterocycles. The molecule has 0 aliphatic rings. The summed E-state index contributed by atoms with van der Waals surface area (Å²) in [6, 6.07) is 0.0489. The van der Waals surface area contributed by atoms with Crippen LogP contribution in [-0.4, -0.2) is 54.5 Å². The minimum Gasteiger partial charge on any atom is -0.467 e. The van der Waals surface area contributed by atoms with E-state index in [0.29, 0.717) is 19.2 Å². The normalized spacial score (nSPS) is 12.2. The number of nitrogen functional groups attached to an aromatic ring is 1. The van der Waals surface area contributed by atoms with Gasteiger partial charge in [0.25, 0.3) is 0 Å². The van der Waals surface area contributed by atoms with E-state index in [0.717, 1.165) is 26.9 Å². The first-order valence-electron chi connectivity index (χ1n) is 11.9. The Morgan fingerprint density at radius 3 is 2.27 bits per heavy atom. The van der Waals surface area contributed by atoms with E-state index in [4.69, 9.17) is 15.2 Å². The van der Waals surface area contributed by atoms with Crippen LogP contribution in [0.25, 0.3) is 22.2 Å². The lowest BCUT2D eigenvalue weighted by atomic mass is 9.96. The second kappa shape index (κ2) is 12.2.